The van der Waals surface area contributed by atoms with Crippen LogP contribution in [0.25, 0.3) is 11.8 Å². The zero-order valence-corrected chi connectivity index (χ0v) is 12.7. The molecule has 0 spiro atoms. The smallest absolute Gasteiger partial charge is 0.0991 e. The molecule has 0 unspecified atom stereocenters. The summed E-state index contributed by atoms with van der Waals surface area (Å²) in [5.41, 5.74) is 3.74. The Morgan fingerprint density at radius 1 is 1.33 bits per heavy atom. The molecule has 1 N–H and O–H groups in total. The molecule has 2 rings (SSSR count). The largest absolute Gasteiger partial charge is 0.383 e. The van der Waals surface area contributed by atoms with Gasteiger partial charge in [0.1, 0.15) is 0 Å². The molecule has 4 heteroatoms. The van der Waals surface area contributed by atoms with Gasteiger partial charge in [-0.3, -0.25) is 0 Å². The first-order valence-electron chi connectivity index (χ1n) is 7.31. The van der Waals surface area contributed by atoms with Crippen LogP contribution in [0.2, 0.25) is 0 Å². The zero-order valence-electron chi connectivity index (χ0n) is 12.7. The molecule has 0 fully saturated rings. The Hall–Kier alpha value is -1.91. The number of ether oxygens (including phenoxy) is 1. The average Bonchev–Trinajstić information content (AvgIpc) is 3.05. The number of benzene rings is 1. The van der Waals surface area contributed by atoms with Gasteiger partial charge in [0.25, 0.3) is 0 Å². The molecular weight excluding hydrogens is 262 g/mol. The molecule has 0 radical (unpaired) electrons. The van der Waals surface area contributed by atoms with Gasteiger partial charge in [0.15, 0.2) is 0 Å². The van der Waals surface area contributed by atoms with E-state index in [-0.39, 0.29) is 0 Å². The Morgan fingerprint density at radius 3 is 2.76 bits per heavy atom. The van der Waals surface area contributed by atoms with E-state index in [1.54, 1.807) is 13.3 Å². The third-order valence-electron chi connectivity index (χ3n) is 3.36. The molecule has 0 saturated heterocycles. The van der Waals surface area contributed by atoms with E-state index < -0.39 is 0 Å². The van der Waals surface area contributed by atoms with Gasteiger partial charge in [-0.25, -0.2) is 4.98 Å². The summed E-state index contributed by atoms with van der Waals surface area (Å²) < 4.78 is 7.04. The Morgan fingerprint density at radius 2 is 2.14 bits per heavy atom. The standard InChI is InChI=1S/C17H23N3O/c1-3-15(13-18-9-11-21-2)12-16-4-6-17(7-5-16)20-10-8-19-14-20/h4-8,10,12,14,18H,3,9,11,13H2,1-2H3. The molecule has 0 aliphatic heterocycles. The Balaban J connectivity index is 1.98. The van der Waals surface area contributed by atoms with Crippen LogP contribution in [0.5, 0.6) is 0 Å². The minimum atomic E-state index is 0.747. The Labute approximate surface area is 126 Å². The summed E-state index contributed by atoms with van der Waals surface area (Å²) in [5, 5.41) is 3.39. The van der Waals surface area contributed by atoms with Crippen molar-refractivity contribution in [1.29, 1.82) is 0 Å². The van der Waals surface area contributed by atoms with Gasteiger partial charge in [-0.05, 0) is 24.1 Å². The molecule has 112 valence electrons. The van der Waals surface area contributed by atoms with Gasteiger partial charge in [-0.2, -0.15) is 0 Å². The predicted octanol–water partition coefficient (Wildman–Crippen LogP) is 2.90. The van der Waals surface area contributed by atoms with Crippen LogP contribution in [0.15, 0.2) is 48.6 Å². The molecule has 2 aromatic rings. The van der Waals surface area contributed by atoms with Gasteiger partial charge in [-0.15, -0.1) is 0 Å². The topological polar surface area (TPSA) is 39.1 Å². The lowest BCUT2D eigenvalue weighted by Crippen LogP contribution is -2.21. The van der Waals surface area contributed by atoms with Crippen molar-refractivity contribution in [3.63, 3.8) is 0 Å². The highest BCUT2D eigenvalue weighted by Gasteiger charge is 1.98. The fraction of sp³-hybridized carbons (Fsp3) is 0.353. The van der Waals surface area contributed by atoms with Crippen molar-refractivity contribution < 1.29 is 4.74 Å². The van der Waals surface area contributed by atoms with Crippen molar-refractivity contribution in [2.75, 3.05) is 26.8 Å². The summed E-state index contributed by atoms with van der Waals surface area (Å²) in [6, 6.07) is 8.50. The number of nitrogens with one attached hydrogen (secondary N) is 1. The number of nitrogens with zero attached hydrogens (tertiary/aromatic N) is 2. The highest BCUT2D eigenvalue weighted by molar-refractivity contribution is 5.55. The number of methoxy groups -OCH3 is 1. The highest BCUT2D eigenvalue weighted by atomic mass is 16.5. The highest BCUT2D eigenvalue weighted by Crippen LogP contribution is 2.13. The second-order valence-corrected chi connectivity index (χ2v) is 4.89. The van der Waals surface area contributed by atoms with Gasteiger partial charge in [0.2, 0.25) is 0 Å². The van der Waals surface area contributed by atoms with E-state index in [2.05, 4.69) is 47.6 Å². The van der Waals surface area contributed by atoms with E-state index >= 15 is 0 Å². The van der Waals surface area contributed by atoms with Crippen molar-refractivity contribution in [3.8, 4) is 5.69 Å². The molecule has 1 aromatic heterocycles. The Kier molecular flexibility index (Phi) is 6.19. The summed E-state index contributed by atoms with van der Waals surface area (Å²) in [4.78, 5) is 4.06. The Bertz CT molecular complexity index is 544. The maximum atomic E-state index is 5.03. The van der Waals surface area contributed by atoms with Gasteiger partial charge >= 0.3 is 0 Å². The summed E-state index contributed by atoms with van der Waals surface area (Å²) in [6.07, 6.45) is 8.83. The van der Waals surface area contributed by atoms with Crippen molar-refractivity contribution >= 4 is 6.08 Å². The monoisotopic (exact) mass is 285 g/mol. The molecule has 0 saturated carbocycles. The van der Waals surface area contributed by atoms with Gasteiger partial charge in [0, 0.05) is 38.3 Å². The molecule has 0 atom stereocenters. The van der Waals surface area contributed by atoms with Crippen LogP contribution in [0.1, 0.15) is 18.9 Å². The van der Waals surface area contributed by atoms with E-state index in [1.807, 2.05) is 17.1 Å². The maximum absolute atomic E-state index is 5.03. The number of rotatable bonds is 8. The van der Waals surface area contributed by atoms with Crippen molar-refractivity contribution in [2.45, 2.75) is 13.3 Å². The summed E-state index contributed by atoms with van der Waals surface area (Å²) >= 11 is 0. The van der Waals surface area contributed by atoms with E-state index in [4.69, 9.17) is 4.74 Å². The van der Waals surface area contributed by atoms with E-state index in [9.17, 15) is 0 Å². The quantitative estimate of drug-likeness (QED) is 0.758. The van der Waals surface area contributed by atoms with Gasteiger partial charge < -0.3 is 14.6 Å². The minimum Gasteiger partial charge on any atom is -0.383 e. The zero-order chi connectivity index (χ0) is 14.9. The molecule has 0 aliphatic rings. The van der Waals surface area contributed by atoms with Crippen LogP contribution in [-0.4, -0.2) is 36.4 Å². The van der Waals surface area contributed by atoms with E-state index in [1.165, 1.54) is 11.1 Å². The minimum absolute atomic E-state index is 0.747. The first-order chi connectivity index (χ1) is 10.3. The third-order valence-corrected chi connectivity index (χ3v) is 3.36. The first-order valence-corrected chi connectivity index (χ1v) is 7.31. The van der Waals surface area contributed by atoms with Gasteiger partial charge in [-0.1, -0.05) is 30.7 Å². The van der Waals surface area contributed by atoms with E-state index in [0.29, 0.717) is 0 Å². The molecule has 1 heterocycles. The van der Waals surface area contributed by atoms with Crippen LogP contribution < -0.4 is 5.32 Å². The first kappa shape index (κ1) is 15.5. The number of imidazole rings is 1. The molecule has 1 aromatic carbocycles. The van der Waals surface area contributed by atoms with E-state index in [0.717, 1.165) is 31.8 Å². The van der Waals surface area contributed by atoms with Crippen LogP contribution >= 0.6 is 0 Å². The fourth-order valence-electron chi connectivity index (χ4n) is 2.09. The summed E-state index contributed by atoms with van der Waals surface area (Å²) in [6.45, 7) is 4.72. The molecule has 0 aliphatic carbocycles. The van der Waals surface area contributed by atoms with Gasteiger partial charge in [0.05, 0.1) is 12.9 Å². The lowest BCUT2D eigenvalue weighted by atomic mass is 10.1. The lowest BCUT2D eigenvalue weighted by Gasteiger charge is -2.08. The number of aromatic nitrogens is 2. The molecule has 4 nitrogen and oxygen atoms in total. The molecular formula is C17H23N3O. The second kappa shape index (κ2) is 8.39. The second-order valence-electron chi connectivity index (χ2n) is 4.89. The lowest BCUT2D eigenvalue weighted by molar-refractivity contribution is 0.200. The number of hydrogen-bond donors (Lipinski definition) is 1. The average molecular weight is 285 g/mol. The normalized spacial score (nSPS) is 11.8. The SMILES string of the molecule is CCC(=Cc1ccc(-n2ccnc2)cc1)CNCCOC. The molecule has 0 bridgehead atoms. The summed E-state index contributed by atoms with van der Waals surface area (Å²) in [7, 11) is 1.72. The molecule has 21 heavy (non-hydrogen) atoms. The van der Waals surface area contributed by atoms with Crippen molar-refractivity contribution in [2.24, 2.45) is 0 Å². The fourth-order valence-corrected chi connectivity index (χ4v) is 2.09. The number of hydrogen-bond acceptors (Lipinski definition) is 3. The van der Waals surface area contributed by atoms with Crippen molar-refractivity contribution in [3.05, 3.63) is 54.1 Å². The van der Waals surface area contributed by atoms with Crippen LogP contribution in [0.3, 0.4) is 0 Å². The predicted molar refractivity (Wildman–Crippen MR) is 86.6 cm³/mol. The maximum Gasteiger partial charge on any atom is 0.0991 e. The van der Waals surface area contributed by atoms with Crippen LogP contribution in [-0.2, 0) is 4.74 Å². The third kappa shape index (κ3) is 4.85. The van der Waals surface area contributed by atoms with Crippen LogP contribution in [0, 0.1) is 0 Å². The van der Waals surface area contributed by atoms with Crippen LogP contribution in [0.4, 0.5) is 0 Å². The summed E-state index contributed by atoms with van der Waals surface area (Å²) in [5.74, 6) is 0. The van der Waals surface area contributed by atoms with Crippen molar-refractivity contribution in [1.82, 2.24) is 14.9 Å². The molecule has 0 amide bonds.